The molecule has 2 aromatic rings. The minimum atomic E-state index is -0.320. The summed E-state index contributed by atoms with van der Waals surface area (Å²) in [7, 11) is 0. The highest BCUT2D eigenvalue weighted by Gasteiger charge is 2.12. The molecule has 0 saturated heterocycles. The highest BCUT2D eigenvalue weighted by atomic mass is 35.5. The van der Waals surface area contributed by atoms with Gasteiger partial charge in [-0.1, -0.05) is 54.6 Å². The maximum absolute atomic E-state index is 11.4. The number of rotatable bonds is 5. The van der Waals surface area contributed by atoms with E-state index < -0.39 is 0 Å². The van der Waals surface area contributed by atoms with Crippen LogP contribution >= 0.6 is 12.4 Å². The molecule has 0 bridgehead atoms. The van der Waals surface area contributed by atoms with Gasteiger partial charge in [-0.3, -0.25) is 4.79 Å². The zero-order valence-corrected chi connectivity index (χ0v) is 12.8. The molecule has 0 heterocycles. The van der Waals surface area contributed by atoms with E-state index in [1.54, 1.807) is 6.92 Å². The summed E-state index contributed by atoms with van der Waals surface area (Å²) in [6.45, 7) is 2.18. The molecule has 0 aromatic heterocycles. The van der Waals surface area contributed by atoms with Crippen molar-refractivity contribution in [1.82, 2.24) is 0 Å². The first-order valence-corrected chi connectivity index (χ1v) is 6.77. The molecule has 0 aliphatic carbocycles. The summed E-state index contributed by atoms with van der Waals surface area (Å²) >= 11 is 0. The molecule has 1 atom stereocenters. The predicted octanol–water partition coefficient (Wildman–Crippen LogP) is 3.73. The van der Waals surface area contributed by atoms with Gasteiger partial charge in [0.15, 0.2) is 0 Å². The molecule has 21 heavy (non-hydrogen) atoms. The average Bonchev–Trinajstić information content (AvgIpc) is 2.48. The second kappa shape index (κ2) is 8.45. The van der Waals surface area contributed by atoms with E-state index in [1.807, 2.05) is 42.5 Å². The third kappa shape index (κ3) is 4.88. The lowest BCUT2D eigenvalue weighted by Crippen LogP contribution is -2.17. The summed E-state index contributed by atoms with van der Waals surface area (Å²) in [5.41, 5.74) is 9.26. The van der Waals surface area contributed by atoms with E-state index in [9.17, 15) is 4.79 Å². The first-order chi connectivity index (χ1) is 9.70. The van der Waals surface area contributed by atoms with Crippen molar-refractivity contribution in [2.45, 2.75) is 19.4 Å². The van der Waals surface area contributed by atoms with Crippen molar-refractivity contribution in [2.24, 2.45) is 5.73 Å². The number of carbonyl (C=O) groups is 1. The normalized spacial score (nSPS) is 11.3. The highest BCUT2D eigenvalue weighted by molar-refractivity contribution is 5.85. The van der Waals surface area contributed by atoms with E-state index in [0.717, 1.165) is 16.7 Å². The fraction of sp³-hybridized carbons (Fsp3) is 0.235. The van der Waals surface area contributed by atoms with Gasteiger partial charge < -0.3 is 10.5 Å². The number of ether oxygens (including phenoxy) is 1. The lowest BCUT2D eigenvalue weighted by atomic mass is 10.00. The van der Waals surface area contributed by atoms with Crippen molar-refractivity contribution in [3.63, 3.8) is 0 Å². The maximum atomic E-state index is 11.4. The number of nitrogens with two attached hydrogens (primary N) is 1. The van der Waals surface area contributed by atoms with Gasteiger partial charge in [-0.15, -0.1) is 12.4 Å². The lowest BCUT2D eigenvalue weighted by molar-refractivity contribution is -0.143. The second-order valence-electron chi connectivity index (χ2n) is 4.60. The Kier molecular flexibility index (Phi) is 6.92. The van der Waals surface area contributed by atoms with Crippen LogP contribution in [-0.4, -0.2) is 12.6 Å². The number of hydrogen-bond donors (Lipinski definition) is 1. The fourth-order valence-electron chi connectivity index (χ4n) is 2.07. The minimum absolute atomic E-state index is 0. The molecular formula is C17H20ClNO2. The van der Waals surface area contributed by atoms with Crippen LogP contribution in [0.3, 0.4) is 0 Å². The largest absolute Gasteiger partial charge is 0.466 e. The summed E-state index contributed by atoms with van der Waals surface area (Å²) in [4.78, 5) is 11.4. The third-order valence-corrected chi connectivity index (χ3v) is 3.14. The summed E-state index contributed by atoms with van der Waals surface area (Å²) < 4.78 is 4.91. The van der Waals surface area contributed by atoms with Crippen molar-refractivity contribution in [3.05, 3.63) is 60.2 Å². The Hall–Kier alpha value is -1.84. The summed E-state index contributed by atoms with van der Waals surface area (Å²) in [5, 5.41) is 0. The Bertz CT molecular complexity index is 555. The molecule has 0 amide bonds. The fourth-order valence-corrected chi connectivity index (χ4v) is 2.07. The van der Waals surface area contributed by atoms with Crippen LogP contribution in [0.25, 0.3) is 11.1 Å². The molecule has 2 aromatic carbocycles. The molecule has 0 radical (unpaired) electrons. The Morgan fingerprint density at radius 1 is 1.05 bits per heavy atom. The van der Waals surface area contributed by atoms with Gasteiger partial charge in [0.25, 0.3) is 0 Å². The van der Waals surface area contributed by atoms with Gasteiger partial charge in [0, 0.05) is 6.04 Å². The van der Waals surface area contributed by atoms with Crippen LogP contribution in [0.4, 0.5) is 0 Å². The zero-order chi connectivity index (χ0) is 14.4. The highest BCUT2D eigenvalue weighted by Crippen LogP contribution is 2.22. The van der Waals surface area contributed by atoms with E-state index in [2.05, 4.69) is 12.1 Å². The van der Waals surface area contributed by atoms with Gasteiger partial charge in [-0.05, 0) is 23.6 Å². The van der Waals surface area contributed by atoms with Gasteiger partial charge in [0.05, 0.1) is 13.0 Å². The van der Waals surface area contributed by atoms with E-state index in [1.165, 1.54) is 0 Å². The molecule has 0 aliphatic rings. The van der Waals surface area contributed by atoms with Crippen molar-refractivity contribution >= 4 is 18.4 Å². The topological polar surface area (TPSA) is 52.3 Å². The molecule has 0 aliphatic heterocycles. The average molecular weight is 306 g/mol. The molecule has 4 heteroatoms. The summed E-state index contributed by atoms with van der Waals surface area (Å²) in [5.74, 6) is -0.257. The number of benzene rings is 2. The first-order valence-electron chi connectivity index (χ1n) is 6.77. The van der Waals surface area contributed by atoms with Crippen LogP contribution in [0.2, 0.25) is 0 Å². The van der Waals surface area contributed by atoms with Gasteiger partial charge in [0.2, 0.25) is 0 Å². The van der Waals surface area contributed by atoms with Crippen LogP contribution < -0.4 is 5.73 Å². The van der Waals surface area contributed by atoms with Crippen LogP contribution in [0.1, 0.15) is 24.9 Å². The van der Waals surface area contributed by atoms with Crippen LogP contribution in [0.15, 0.2) is 54.6 Å². The predicted molar refractivity (Wildman–Crippen MR) is 87.3 cm³/mol. The van der Waals surface area contributed by atoms with Crippen LogP contribution in [0.5, 0.6) is 0 Å². The quantitative estimate of drug-likeness (QED) is 0.856. The van der Waals surface area contributed by atoms with Crippen molar-refractivity contribution in [2.75, 3.05) is 6.61 Å². The SMILES string of the molecule is CCOC(=O)C[C@@H](N)c1ccc(-c2ccccc2)cc1.Cl. The Labute approximate surface area is 131 Å². The van der Waals surface area contributed by atoms with E-state index in [0.29, 0.717) is 6.61 Å². The van der Waals surface area contributed by atoms with E-state index >= 15 is 0 Å². The molecule has 0 spiro atoms. The van der Waals surface area contributed by atoms with Gasteiger partial charge in [0.1, 0.15) is 0 Å². The Morgan fingerprint density at radius 2 is 1.62 bits per heavy atom. The van der Waals surface area contributed by atoms with E-state index in [-0.39, 0.29) is 30.8 Å². The number of carbonyl (C=O) groups excluding carboxylic acids is 1. The first kappa shape index (κ1) is 17.2. The lowest BCUT2D eigenvalue weighted by Gasteiger charge is -2.12. The molecule has 112 valence electrons. The molecule has 0 unspecified atom stereocenters. The maximum Gasteiger partial charge on any atom is 0.307 e. The molecular weight excluding hydrogens is 286 g/mol. The number of esters is 1. The molecule has 0 saturated carbocycles. The number of hydrogen-bond acceptors (Lipinski definition) is 3. The van der Waals surface area contributed by atoms with Gasteiger partial charge >= 0.3 is 5.97 Å². The van der Waals surface area contributed by atoms with E-state index in [4.69, 9.17) is 10.5 Å². The van der Waals surface area contributed by atoms with Crippen LogP contribution in [0, 0.1) is 0 Å². The van der Waals surface area contributed by atoms with Crippen molar-refractivity contribution in [3.8, 4) is 11.1 Å². The summed E-state index contributed by atoms with van der Waals surface area (Å²) in [6, 6.07) is 17.8. The monoisotopic (exact) mass is 305 g/mol. The zero-order valence-electron chi connectivity index (χ0n) is 12.0. The molecule has 0 fully saturated rings. The Morgan fingerprint density at radius 3 is 2.19 bits per heavy atom. The molecule has 3 nitrogen and oxygen atoms in total. The van der Waals surface area contributed by atoms with Crippen LogP contribution in [-0.2, 0) is 9.53 Å². The van der Waals surface area contributed by atoms with Crippen molar-refractivity contribution in [1.29, 1.82) is 0 Å². The molecule has 2 N–H and O–H groups in total. The smallest absolute Gasteiger partial charge is 0.307 e. The van der Waals surface area contributed by atoms with Gasteiger partial charge in [-0.25, -0.2) is 0 Å². The van der Waals surface area contributed by atoms with Crippen molar-refractivity contribution < 1.29 is 9.53 Å². The summed E-state index contributed by atoms with van der Waals surface area (Å²) in [6.07, 6.45) is 0.207. The standard InChI is InChI=1S/C17H19NO2.ClH/c1-2-20-17(19)12-16(18)15-10-8-14(9-11-15)13-6-4-3-5-7-13;/h3-11,16H,2,12,18H2,1H3;1H/t16-;/m1./s1. The third-order valence-electron chi connectivity index (χ3n) is 3.14. The number of halogens is 1. The molecule has 2 rings (SSSR count). The van der Waals surface area contributed by atoms with Gasteiger partial charge in [-0.2, -0.15) is 0 Å². The Balaban J connectivity index is 0.00000220. The second-order valence-corrected chi connectivity index (χ2v) is 4.60. The minimum Gasteiger partial charge on any atom is -0.466 e.